The minimum absolute atomic E-state index is 0.489. The van der Waals surface area contributed by atoms with Crippen LogP contribution in [-0.2, 0) is 0 Å². The van der Waals surface area contributed by atoms with Gasteiger partial charge in [0.2, 0.25) is 0 Å². The molecular weight excluding hydrogens is 189 g/mol. The summed E-state index contributed by atoms with van der Waals surface area (Å²) in [6.45, 7) is 0. The Morgan fingerprint density at radius 1 is 0.933 bits per heavy atom. The molecule has 0 saturated carbocycles. The Kier molecular flexibility index (Phi) is 2.80. The van der Waals surface area contributed by atoms with Crippen LogP contribution in [0.3, 0.4) is 0 Å². The van der Waals surface area contributed by atoms with Crippen LogP contribution >= 0.6 is 0 Å². The van der Waals surface area contributed by atoms with Crippen molar-refractivity contribution in [2.24, 2.45) is 0 Å². The highest BCUT2D eigenvalue weighted by atomic mass is 16.4. The van der Waals surface area contributed by atoms with Gasteiger partial charge < -0.3 is 10.0 Å². The van der Waals surface area contributed by atoms with Crippen molar-refractivity contribution in [2.75, 3.05) is 0 Å². The molecule has 3 nitrogen and oxygen atoms in total. The molecule has 4 heteroatoms. The van der Waals surface area contributed by atoms with E-state index in [1.54, 1.807) is 24.5 Å². The molecule has 2 N–H and O–H groups in total. The molecular formula is C11H10BNO2. The fourth-order valence-corrected chi connectivity index (χ4v) is 1.38. The van der Waals surface area contributed by atoms with Gasteiger partial charge in [0.15, 0.2) is 0 Å². The number of hydrogen-bond acceptors (Lipinski definition) is 3. The second-order valence-electron chi connectivity index (χ2n) is 3.24. The maximum absolute atomic E-state index is 8.93. The third kappa shape index (κ3) is 2.23. The predicted octanol–water partition coefficient (Wildman–Crippen LogP) is 0.428. The second-order valence-corrected chi connectivity index (χ2v) is 3.24. The van der Waals surface area contributed by atoms with Gasteiger partial charge in [-0.3, -0.25) is 4.98 Å². The molecule has 0 amide bonds. The van der Waals surface area contributed by atoms with Crippen LogP contribution in [0.2, 0.25) is 0 Å². The Hall–Kier alpha value is -1.65. The highest BCUT2D eigenvalue weighted by Crippen LogP contribution is 2.15. The molecule has 2 rings (SSSR count). The number of nitrogens with zero attached hydrogens (tertiary/aromatic N) is 1. The van der Waals surface area contributed by atoms with Gasteiger partial charge in [-0.05, 0) is 22.7 Å². The summed E-state index contributed by atoms with van der Waals surface area (Å²) in [4.78, 5) is 4.02. The SMILES string of the molecule is OB(O)c1ccc(-c2cccnc2)cc1. The molecule has 74 valence electrons. The fraction of sp³-hybridized carbons (Fsp3) is 0. The Bertz CT molecular complexity index is 428. The Morgan fingerprint density at radius 2 is 1.67 bits per heavy atom. The number of aromatic nitrogens is 1. The van der Waals surface area contributed by atoms with Crippen LogP contribution in [-0.4, -0.2) is 22.2 Å². The Morgan fingerprint density at radius 3 is 2.20 bits per heavy atom. The summed E-state index contributed by atoms with van der Waals surface area (Å²) >= 11 is 0. The summed E-state index contributed by atoms with van der Waals surface area (Å²) < 4.78 is 0. The first-order valence-corrected chi connectivity index (χ1v) is 4.64. The van der Waals surface area contributed by atoms with Gasteiger partial charge in [-0.1, -0.05) is 30.3 Å². The summed E-state index contributed by atoms with van der Waals surface area (Å²) in [7, 11) is -1.41. The molecule has 0 aliphatic heterocycles. The van der Waals surface area contributed by atoms with Crippen molar-refractivity contribution in [1.82, 2.24) is 4.98 Å². The van der Waals surface area contributed by atoms with Crippen LogP contribution in [0.15, 0.2) is 48.8 Å². The van der Waals surface area contributed by atoms with Crippen LogP contribution < -0.4 is 5.46 Å². The zero-order valence-corrected chi connectivity index (χ0v) is 8.04. The molecule has 15 heavy (non-hydrogen) atoms. The topological polar surface area (TPSA) is 53.4 Å². The van der Waals surface area contributed by atoms with E-state index in [4.69, 9.17) is 10.0 Å². The monoisotopic (exact) mass is 199 g/mol. The van der Waals surface area contributed by atoms with E-state index >= 15 is 0 Å². The van der Waals surface area contributed by atoms with Gasteiger partial charge in [0, 0.05) is 12.4 Å². The first kappa shape index (κ1) is 9.89. The third-order valence-electron chi connectivity index (χ3n) is 2.20. The molecule has 1 aromatic carbocycles. The lowest BCUT2D eigenvalue weighted by Gasteiger charge is -2.02. The number of benzene rings is 1. The van der Waals surface area contributed by atoms with Gasteiger partial charge in [0.05, 0.1) is 0 Å². The molecule has 2 aromatic rings. The minimum atomic E-state index is -1.41. The molecule has 1 heterocycles. The minimum Gasteiger partial charge on any atom is -0.423 e. The van der Waals surface area contributed by atoms with Gasteiger partial charge in [-0.15, -0.1) is 0 Å². The predicted molar refractivity (Wildman–Crippen MR) is 59.5 cm³/mol. The molecule has 0 aliphatic rings. The molecule has 0 spiro atoms. The van der Waals surface area contributed by atoms with E-state index in [1.165, 1.54) is 0 Å². The van der Waals surface area contributed by atoms with Crippen molar-refractivity contribution in [3.8, 4) is 11.1 Å². The zero-order chi connectivity index (χ0) is 10.7. The largest absolute Gasteiger partial charge is 0.488 e. The summed E-state index contributed by atoms with van der Waals surface area (Å²) in [5.41, 5.74) is 2.51. The molecule has 0 bridgehead atoms. The van der Waals surface area contributed by atoms with E-state index in [2.05, 4.69) is 4.98 Å². The van der Waals surface area contributed by atoms with Crippen LogP contribution in [0, 0.1) is 0 Å². The van der Waals surface area contributed by atoms with Gasteiger partial charge in [0.1, 0.15) is 0 Å². The van der Waals surface area contributed by atoms with Crippen molar-refractivity contribution >= 4 is 12.6 Å². The highest BCUT2D eigenvalue weighted by Gasteiger charge is 2.09. The van der Waals surface area contributed by atoms with E-state index in [1.807, 2.05) is 24.3 Å². The molecule has 0 fully saturated rings. The van der Waals surface area contributed by atoms with E-state index in [0.717, 1.165) is 11.1 Å². The quantitative estimate of drug-likeness (QED) is 0.689. The molecule has 0 atom stereocenters. The highest BCUT2D eigenvalue weighted by molar-refractivity contribution is 6.58. The number of rotatable bonds is 2. The summed E-state index contributed by atoms with van der Waals surface area (Å²) in [6.07, 6.45) is 3.49. The lowest BCUT2D eigenvalue weighted by molar-refractivity contribution is 0.426. The maximum Gasteiger partial charge on any atom is 0.488 e. The van der Waals surface area contributed by atoms with Crippen LogP contribution in [0.4, 0.5) is 0 Å². The number of pyridine rings is 1. The van der Waals surface area contributed by atoms with E-state index in [9.17, 15) is 0 Å². The second kappa shape index (κ2) is 4.25. The fourth-order valence-electron chi connectivity index (χ4n) is 1.38. The van der Waals surface area contributed by atoms with Crippen molar-refractivity contribution < 1.29 is 10.0 Å². The first-order valence-electron chi connectivity index (χ1n) is 4.64. The van der Waals surface area contributed by atoms with Crippen LogP contribution in [0.25, 0.3) is 11.1 Å². The Balaban J connectivity index is 2.32. The van der Waals surface area contributed by atoms with E-state index in [0.29, 0.717) is 5.46 Å². The molecule has 1 aromatic heterocycles. The zero-order valence-electron chi connectivity index (χ0n) is 8.04. The van der Waals surface area contributed by atoms with Crippen LogP contribution in [0.5, 0.6) is 0 Å². The van der Waals surface area contributed by atoms with Crippen LogP contribution in [0.1, 0.15) is 0 Å². The third-order valence-corrected chi connectivity index (χ3v) is 2.20. The lowest BCUT2D eigenvalue weighted by Crippen LogP contribution is -2.29. The van der Waals surface area contributed by atoms with Crippen molar-refractivity contribution in [2.45, 2.75) is 0 Å². The van der Waals surface area contributed by atoms with Crippen molar-refractivity contribution in [3.63, 3.8) is 0 Å². The first-order chi connectivity index (χ1) is 7.27. The normalized spacial score (nSPS) is 10.0. The molecule has 0 unspecified atom stereocenters. The average molecular weight is 199 g/mol. The van der Waals surface area contributed by atoms with Crippen molar-refractivity contribution in [3.05, 3.63) is 48.8 Å². The Labute approximate surface area is 88.2 Å². The molecule has 0 saturated heterocycles. The smallest absolute Gasteiger partial charge is 0.423 e. The number of hydrogen-bond donors (Lipinski definition) is 2. The summed E-state index contributed by atoms with van der Waals surface area (Å²) in [5, 5.41) is 17.9. The maximum atomic E-state index is 8.93. The van der Waals surface area contributed by atoms with Gasteiger partial charge >= 0.3 is 7.12 Å². The standard InChI is InChI=1S/C11H10BNO2/c14-12(15)11-5-3-9(4-6-11)10-2-1-7-13-8-10/h1-8,14-15H. The lowest BCUT2D eigenvalue weighted by atomic mass is 9.80. The average Bonchev–Trinajstić information content (AvgIpc) is 2.30. The van der Waals surface area contributed by atoms with Gasteiger partial charge in [0.25, 0.3) is 0 Å². The van der Waals surface area contributed by atoms with Gasteiger partial charge in [-0.25, -0.2) is 0 Å². The molecule has 0 radical (unpaired) electrons. The van der Waals surface area contributed by atoms with Crippen molar-refractivity contribution in [1.29, 1.82) is 0 Å². The van der Waals surface area contributed by atoms with E-state index < -0.39 is 7.12 Å². The van der Waals surface area contributed by atoms with E-state index in [-0.39, 0.29) is 0 Å². The van der Waals surface area contributed by atoms with Gasteiger partial charge in [-0.2, -0.15) is 0 Å². The summed E-state index contributed by atoms with van der Waals surface area (Å²) in [5.74, 6) is 0. The summed E-state index contributed by atoms with van der Waals surface area (Å²) in [6, 6.07) is 10.9. The molecule has 0 aliphatic carbocycles.